The molecule has 2 saturated carbocycles. The lowest BCUT2D eigenvalue weighted by Crippen LogP contribution is -2.60. The molecule has 5 nitrogen and oxygen atoms in total. The largest absolute Gasteiger partial charge is 0.469 e. The van der Waals surface area contributed by atoms with E-state index in [9.17, 15) is 14.7 Å². The van der Waals surface area contributed by atoms with Crippen molar-refractivity contribution in [3.63, 3.8) is 0 Å². The average Bonchev–Trinajstić information content (AvgIpc) is 3.76. The van der Waals surface area contributed by atoms with Crippen molar-refractivity contribution < 1.29 is 19.4 Å². The quantitative estimate of drug-likeness (QED) is 0.474. The van der Waals surface area contributed by atoms with Gasteiger partial charge in [0.15, 0.2) is 0 Å². The maximum atomic E-state index is 14.5. The van der Waals surface area contributed by atoms with E-state index in [2.05, 4.69) is 0 Å². The molecular weight excluding hydrogens is 485 g/mol. The van der Waals surface area contributed by atoms with Crippen molar-refractivity contribution in [2.24, 2.45) is 16.7 Å². The predicted octanol–water partition coefficient (Wildman–Crippen LogP) is 5.78. The Morgan fingerprint density at radius 2 is 1.80 bits per heavy atom. The van der Waals surface area contributed by atoms with Crippen molar-refractivity contribution in [2.45, 2.75) is 57.0 Å². The van der Waals surface area contributed by atoms with Crippen LogP contribution >= 0.6 is 23.2 Å². The molecule has 2 aromatic carbocycles. The molecule has 0 bridgehead atoms. The number of carbonyl (C=O) groups is 2. The average molecular weight is 516 g/mol. The molecule has 3 aliphatic rings. The first-order chi connectivity index (χ1) is 16.8. The summed E-state index contributed by atoms with van der Waals surface area (Å²) in [6.45, 7) is 1.80. The van der Waals surface area contributed by atoms with Crippen molar-refractivity contribution in [3.05, 3.63) is 69.7 Å². The van der Waals surface area contributed by atoms with Gasteiger partial charge in [-0.1, -0.05) is 47.5 Å². The number of methoxy groups -OCH3 is 1. The zero-order chi connectivity index (χ0) is 25.0. The second kappa shape index (κ2) is 9.10. The van der Waals surface area contributed by atoms with E-state index >= 15 is 0 Å². The smallest absolute Gasteiger partial charge is 0.312 e. The molecule has 0 radical (unpaired) electrons. The van der Waals surface area contributed by atoms with Crippen molar-refractivity contribution in [1.82, 2.24) is 4.90 Å². The lowest BCUT2D eigenvalue weighted by molar-refractivity contribution is -0.173. The van der Waals surface area contributed by atoms with Crippen LogP contribution in [0.15, 0.2) is 48.5 Å². The first-order valence-corrected chi connectivity index (χ1v) is 13.0. The van der Waals surface area contributed by atoms with Crippen LogP contribution in [0.4, 0.5) is 0 Å². The number of likely N-dealkylation sites (tertiary alicyclic amines) is 1. The van der Waals surface area contributed by atoms with Crippen LogP contribution in [0, 0.1) is 16.7 Å². The molecule has 2 aliphatic carbocycles. The summed E-state index contributed by atoms with van der Waals surface area (Å²) in [6.07, 6.45) is 3.67. The van der Waals surface area contributed by atoms with Gasteiger partial charge in [0, 0.05) is 16.0 Å². The fourth-order valence-electron chi connectivity index (χ4n) is 6.34. The Hall–Kier alpha value is -2.08. The molecule has 4 atom stereocenters. The molecule has 5 rings (SSSR count). The summed E-state index contributed by atoms with van der Waals surface area (Å²) in [7, 11) is 1.39. The van der Waals surface area contributed by atoms with E-state index in [0.717, 1.165) is 24.0 Å². The lowest BCUT2D eigenvalue weighted by Gasteiger charge is -2.54. The van der Waals surface area contributed by atoms with E-state index in [-0.39, 0.29) is 42.4 Å². The molecule has 2 unspecified atom stereocenters. The predicted molar refractivity (Wildman–Crippen MR) is 135 cm³/mol. The number of aliphatic hydroxyl groups is 1. The highest BCUT2D eigenvalue weighted by atomic mass is 35.5. The van der Waals surface area contributed by atoms with Gasteiger partial charge in [0.25, 0.3) is 0 Å². The molecule has 1 amide bonds. The summed E-state index contributed by atoms with van der Waals surface area (Å²) in [5, 5.41) is 11.8. The third-order valence-electron chi connectivity index (χ3n) is 8.60. The van der Waals surface area contributed by atoms with Crippen LogP contribution < -0.4 is 0 Å². The molecule has 7 heteroatoms. The summed E-state index contributed by atoms with van der Waals surface area (Å²) in [4.78, 5) is 29.5. The van der Waals surface area contributed by atoms with Crippen molar-refractivity contribution in [3.8, 4) is 0 Å². The second-order valence-corrected chi connectivity index (χ2v) is 11.4. The normalized spacial score (nSPS) is 28.5. The van der Waals surface area contributed by atoms with Gasteiger partial charge in [-0.05, 0) is 80.3 Å². The summed E-state index contributed by atoms with van der Waals surface area (Å²) in [5.41, 5.74) is 0.159. The minimum Gasteiger partial charge on any atom is -0.469 e. The number of esters is 1. The van der Waals surface area contributed by atoms with Gasteiger partial charge < -0.3 is 14.7 Å². The van der Waals surface area contributed by atoms with E-state index < -0.39 is 10.8 Å². The van der Waals surface area contributed by atoms with Gasteiger partial charge in [0.2, 0.25) is 5.91 Å². The Labute approximate surface area is 216 Å². The van der Waals surface area contributed by atoms with Gasteiger partial charge >= 0.3 is 5.97 Å². The number of benzene rings is 2. The highest BCUT2D eigenvalue weighted by Crippen LogP contribution is 2.67. The number of carbonyl (C=O) groups excluding carboxylic acids is 2. The number of rotatable bonds is 7. The van der Waals surface area contributed by atoms with Crippen LogP contribution in [0.3, 0.4) is 0 Å². The number of hydrogen-bond acceptors (Lipinski definition) is 4. The monoisotopic (exact) mass is 515 g/mol. The van der Waals surface area contributed by atoms with Gasteiger partial charge in [-0.25, -0.2) is 0 Å². The molecule has 3 fully saturated rings. The molecule has 2 aromatic rings. The number of hydrogen-bond donors (Lipinski definition) is 1. The van der Waals surface area contributed by atoms with Crippen LogP contribution in [0.5, 0.6) is 0 Å². The maximum absolute atomic E-state index is 14.5. The first-order valence-electron chi connectivity index (χ1n) is 12.3. The number of aliphatic hydroxyl groups excluding tert-OH is 1. The van der Waals surface area contributed by atoms with Crippen LogP contribution in [0.1, 0.15) is 62.1 Å². The SMILES string of the molecule is COC(=O)C1([C@@]2(C)CC(c3cccc(Cl)c3)C(c3ccc(Cl)cc3)N([C@H](CO)C3CC3)C2=O)CC1. The Morgan fingerprint density at radius 3 is 2.34 bits per heavy atom. The molecule has 1 aliphatic heterocycles. The van der Waals surface area contributed by atoms with Gasteiger partial charge in [-0.2, -0.15) is 0 Å². The Kier molecular flexibility index (Phi) is 6.40. The number of amides is 1. The fraction of sp³-hybridized carbons (Fsp3) is 0.500. The summed E-state index contributed by atoms with van der Waals surface area (Å²) in [5.74, 6) is -0.290. The van der Waals surface area contributed by atoms with Crippen LogP contribution in [0.2, 0.25) is 10.0 Å². The zero-order valence-electron chi connectivity index (χ0n) is 20.0. The van der Waals surface area contributed by atoms with Crippen LogP contribution in [0.25, 0.3) is 0 Å². The minimum absolute atomic E-state index is 0.0791. The van der Waals surface area contributed by atoms with E-state index in [1.165, 1.54) is 7.11 Å². The zero-order valence-corrected chi connectivity index (χ0v) is 21.6. The summed E-state index contributed by atoms with van der Waals surface area (Å²) < 4.78 is 5.22. The van der Waals surface area contributed by atoms with Gasteiger partial charge in [0.1, 0.15) is 0 Å². The molecule has 1 heterocycles. The molecular formula is C28H31Cl2NO4. The fourth-order valence-corrected chi connectivity index (χ4v) is 6.66. The molecule has 186 valence electrons. The third-order valence-corrected chi connectivity index (χ3v) is 9.08. The topological polar surface area (TPSA) is 66.8 Å². The molecule has 1 N–H and O–H groups in total. The lowest BCUT2D eigenvalue weighted by atomic mass is 9.61. The highest BCUT2D eigenvalue weighted by molar-refractivity contribution is 6.30. The van der Waals surface area contributed by atoms with Crippen LogP contribution in [-0.4, -0.2) is 41.6 Å². The van der Waals surface area contributed by atoms with Crippen molar-refractivity contribution in [2.75, 3.05) is 13.7 Å². The molecule has 0 aromatic heterocycles. The molecule has 0 spiro atoms. The summed E-state index contributed by atoms with van der Waals surface area (Å²) >= 11 is 12.6. The van der Waals surface area contributed by atoms with E-state index in [4.69, 9.17) is 27.9 Å². The maximum Gasteiger partial charge on any atom is 0.312 e. The van der Waals surface area contributed by atoms with Gasteiger partial charge in [0.05, 0.1) is 36.6 Å². The molecule has 1 saturated heterocycles. The van der Waals surface area contributed by atoms with E-state index in [1.54, 1.807) is 0 Å². The van der Waals surface area contributed by atoms with Crippen molar-refractivity contribution >= 4 is 35.1 Å². The number of nitrogens with zero attached hydrogens (tertiary/aromatic N) is 1. The Morgan fingerprint density at radius 1 is 1.11 bits per heavy atom. The first kappa shape index (κ1) is 24.6. The van der Waals surface area contributed by atoms with Gasteiger partial charge in [-0.3, -0.25) is 9.59 Å². The minimum atomic E-state index is -0.960. The number of ether oxygens (including phenoxy) is 1. The van der Waals surface area contributed by atoms with E-state index in [0.29, 0.717) is 29.3 Å². The standard InChI is InChI=1S/C28H31Cl2NO4/c1-27(28(12-13-28)26(34)35-2)15-22(19-4-3-5-21(30)14-19)24(18-8-10-20(29)11-9-18)31(25(27)33)23(16-32)17-6-7-17/h3-5,8-11,14,17,22-24,32H,6-7,12-13,15-16H2,1-2H3/t22?,23-,24?,27+/m1/s1. The Balaban J connectivity index is 1.71. The Bertz CT molecular complexity index is 1130. The second-order valence-electron chi connectivity index (χ2n) is 10.6. The highest BCUT2D eigenvalue weighted by Gasteiger charge is 2.70. The van der Waals surface area contributed by atoms with Gasteiger partial charge in [-0.15, -0.1) is 0 Å². The van der Waals surface area contributed by atoms with E-state index in [1.807, 2.05) is 60.4 Å². The number of halogens is 2. The van der Waals surface area contributed by atoms with Crippen LogP contribution in [-0.2, 0) is 14.3 Å². The third kappa shape index (κ3) is 4.06. The number of piperidine rings is 1. The summed E-state index contributed by atoms with van der Waals surface area (Å²) in [6, 6.07) is 14.7. The molecule has 35 heavy (non-hydrogen) atoms. The van der Waals surface area contributed by atoms with Crippen molar-refractivity contribution in [1.29, 1.82) is 0 Å².